The van der Waals surface area contributed by atoms with E-state index in [1.807, 2.05) is 18.2 Å². The normalized spacial score (nSPS) is 21.4. The summed E-state index contributed by atoms with van der Waals surface area (Å²) in [5, 5.41) is 0. The molecular weight excluding hydrogens is 180 g/mol. The summed E-state index contributed by atoms with van der Waals surface area (Å²) < 4.78 is 10.3. The Kier molecular flexibility index (Phi) is 3.98. The third-order valence-corrected chi connectivity index (χ3v) is 2.09. The minimum absolute atomic E-state index is 0.217. The summed E-state index contributed by atoms with van der Waals surface area (Å²) in [6.45, 7) is 0. The number of hydrogen-bond donors (Lipinski definition) is 0. The molecule has 0 aromatic rings. The standard InChI is InChI=1S/C11H14O3/c1-13-10-6-5-9(4-3-7-12)8-11(10)14-2/h3-7,9H,8H2,1-2H3. The number of ether oxygens (including phenoxy) is 2. The van der Waals surface area contributed by atoms with E-state index in [9.17, 15) is 4.79 Å². The molecular formula is C11H14O3. The molecule has 0 saturated heterocycles. The Balaban J connectivity index is 2.70. The van der Waals surface area contributed by atoms with Crippen LogP contribution in [0.4, 0.5) is 0 Å². The van der Waals surface area contributed by atoms with E-state index in [0.29, 0.717) is 0 Å². The van der Waals surface area contributed by atoms with E-state index >= 15 is 0 Å². The van der Waals surface area contributed by atoms with Crippen LogP contribution >= 0.6 is 0 Å². The average Bonchev–Trinajstić information content (AvgIpc) is 2.25. The van der Waals surface area contributed by atoms with Crippen molar-refractivity contribution in [3.05, 3.63) is 35.8 Å². The molecule has 0 radical (unpaired) electrons. The fourth-order valence-electron chi connectivity index (χ4n) is 1.37. The van der Waals surface area contributed by atoms with E-state index in [1.54, 1.807) is 14.2 Å². The van der Waals surface area contributed by atoms with E-state index < -0.39 is 0 Å². The lowest BCUT2D eigenvalue weighted by atomic mass is 9.98. The second kappa shape index (κ2) is 5.27. The average molecular weight is 194 g/mol. The van der Waals surface area contributed by atoms with E-state index in [1.165, 1.54) is 6.08 Å². The van der Waals surface area contributed by atoms with Crippen LogP contribution < -0.4 is 0 Å². The van der Waals surface area contributed by atoms with Crippen LogP contribution in [0, 0.1) is 5.92 Å². The lowest BCUT2D eigenvalue weighted by Gasteiger charge is -2.18. The third-order valence-electron chi connectivity index (χ3n) is 2.09. The molecule has 0 aromatic heterocycles. The molecule has 1 aliphatic carbocycles. The van der Waals surface area contributed by atoms with E-state index in [2.05, 4.69) is 0 Å². The van der Waals surface area contributed by atoms with Gasteiger partial charge in [-0.1, -0.05) is 12.2 Å². The highest BCUT2D eigenvalue weighted by molar-refractivity contribution is 5.64. The molecule has 1 atom stereocenters. The van der Waals surface area contributed by atoms with Crippen LogP contribution in [0.25, 0.3) is 0 Å². The van der Waals surface area contributed by atoms with Crippen LogP contribution in [-0.4, -0.2) is 20.5 Å². The van der Waals surface area contributed by atoms with Gasteiger partial charge < -0.3 is 9.47 Å². The Morgan fingerprint density at radius 1 is 1.43 bits per heavy atom. The molecule has 0 amide bonds. The first kappa shape index (κ1) is 10.6. The van der Waals surface area contributed by atoms with E-state index in [-0.39, 0.29) is 5.92 Å². The van der Waals surface area contributed by atoms with Crippen molar-refractivity contribution in [3.63, 3.8) is 0 Å². The van der Waals surface area contributed by atoms with Crippen LogP contribution in [0.2, 0.25) is 0 Å². The monoisotopic (exact) mass is 194 g/mol. The summed E-state index contributed by atoms with van der Waals surface area (Å²) in [6.07, 6.45) is 8.70. The Morgan fingerprint density at radius 3 is 2.79 bits per heavy atom. The molecule has 0 N–H and O–H groups in total. The van der Waals surface area contributed by atoms with Gasteiger partial charge in [-0.15, -0.1) is 0 Å². The van der Waals surface area contributed by atoms with Gasteiger partial charge >= 0.3 is 0 Å². The van der Waals surface area contributed by atoms with Crippen molar-refractivity contribution in [2.24, 2.45) is 5.92 Å². The minimum atomic E-state index is 0.217. The number of hydrogen-bond acceptors (Lipinski definition) is 3. The summed E-state index contributed by atoms with van der Waals surface area (Å²) in [6, 6.07) is 0. The molecule has 1 unspecified atom stereocenters. The molecule has 1 aliphatic rings. The van der Waals surface area contributed by atoms with Gasteiger partial charge in [0.05, 0.1) is 14.2 Å². The smallest absolute Gasteiger partial charge is 0.156 e. The van der Waals surface area contributed by atoms with Gasteiger partial charge in [0.25, 0.3) is 0 Å². The number of carbonyl (C=O) groups is 1. The maximum Gasteiger partial charge on any atom is 0.156 e. The predicted octanol–water partition coefficient (Wildman–Crippen LogP) is 1.82. The van der Waals surface area contributed by atoms with Crippen molar-refractivity contribution in [3.8, 4) is 0 Å². The highest BCUT2D eigenvalue weighted by atomic mass is 16.5. The number of aldehydes is 1. The van der Waals surface area contributed by atoms with Gasteiger partial charge in [0.1, 0.15) is 12.0 Å². The predicted molar refractivity (Wildman–Crippen MR) is 53.5 cm³/mol. The van der Waals surface area contributed by atoms with Crippen LogP contribution in [0.1, 0.15) is 6.42 Å². The molecule has 0 spiro atoms. The Morgan fingerprint density at radius 2 is 2.21 bits per heavy atom. The molecule has 14 heavy (non-hydrogen) atoms. The molecule has 0 bridgehead atoms. The minimum Gasteiger partial charge on any atom is -0.497 e. The van der Waals surface area contributed by atoms with Crippen LogP contribution in [0.3, 0.4) is 0 Å². The fraction of sp³-hybridized carbons (Fsp3) is 0.364. The van der Waals surface area contributed by atoms with Crippen molar-refractivity contribution in [2.75, 3.05) is 14.2 Å². The maximum atomic E-state index is 10.1. The van der Waals surface area contributed by atoms with Crippen molar-refractivity contribution in [2.45, 2.75) is 6.42 Å². The van der Waals surface area contributed by atoms with Crippen LogP contribution in [0.5, 0.6) is 0 Å². The molecule has 0 aromatic carbocycles. The second-order valence-corrected chi connectivity index (χ2v) is 2.94. The number of rotatable bonds is 4. The number of carbonyl (C=O) groups excluding carboxylic acids is 1. The van der Waals surface area contributed by atoms with Crippen molar-refractivity contribution in [1.29, 1.82) is 0 Å². The first-order valence-corrected chi connectivity index (χ1v) is 4.43. The van der Waals surface area contributed by atoms with Crippen LogP contribution in [-0.2, 0) is 14.3 Å². The summed E-state index contributed by atoms with van der Waals surface area (Å²) >= 11 is 0. The molecule has 1 rings (SSSR count). The highest BCUT2D eigenvalue weighted by Gasteiger charge is 2.15. The molecule has 3 heteroatoms. The summed E-state index contributed by atoms with van der Waals surface area (Å²) in [5.74, 6) is 1.79. The summed E-state index contributed by atoms with van der Waals surface area (Å²) in [7, 11) is 3.23. The molecule has 0 aliphatic heterocycles. The van der Waals surface area contributed by atoms with Gasteiger partial charge in [0.15, 0.2) is 5.76 Å². The molecule has 3 nitrogen and oxygen atoms in total. The zero-order valence-electron chi connectivity index (χ0n) is 8.40. The van der Waals surface area contributed by atoms with Gasteiger partial charge in [-0.05, 0) is 12.2 Å². The van der Waals surface area contributed by atoms with E-state index in [0.717, 1.165) is 24.2 Å². The first-order chi connectivity index (χ1) is 6.81. The lowest BCUT2D eigenvalue weighted by Crippen LogP contribution is -2.06. The Labute approximate surface area is 83.7 Å². The van der Waals surface area contributed by atoms with Gasteiger partial charge in [-0.25, -0.2) is 0 Å². The maximum absolute atomic E-state index is 10.1. The van der Waals surface area contributed by atoms with Gasteiger partial charge in [-0.2, -0.15) is 0 Å². The van der Waals surface area contributed by atoms with Gasteiger partial charge in [-0.3, -0.25) is 4.79 Å². The molecule has 76 valence electrons. The Hall–Kier alpha value is -1.51. The van der Waals surface area contributed by atoms with Crippen molar-refractivity contribution >= 4 is 6.29 Å². The largest absolute Gasteiger partial charge is 0.497 e. The van der Waals surface area contributed by atoms with Crippen molar-refractivity contribution in [1.82, 2.24) is 0 Å². The van der Waals surface area contributed by atoms with Gasteiger partial charge in [0.2, 0.25) is 0 Å². The molecule has 0 heterocycles. The van der Waals surface area contributed by atoms with Crippen LogP contribution in [0.15, 0.2) is 35.8 Å². The lowest BCUT2D eigenvalue weighted by molar-refractivity contribution is -0.104. The summed E-state index contributed by atoms with van der Waals surface area (Å²) in [5.41, 5.74) is 0. The third kappa shape index (κ3) is 2.49. The number of methoxy groups -OCH3 is 2. The summed E-state index contributed by atoms with van der Waals surface area (Å²) in [4.78, 5) is 10.1. The quantitative estimate of drug-likeness (QED) is 0.506. The fourth-order valence-corrected chi connectivity index (χ4v) is 1.37. The zero-order chi connectivity index (χ0) is 10.4. The topological polar surface area (TPSA) is 35.5 Å². The highest BCUT2D eigenvalue weighted by Crippen LogP contribution is 2.25. The molecule has 0 fully saturated rings. The Bertz CT molecular complexity index is 287. The number of allylic oxidation sites excluding steroid dienone is 5. The van der Waals surface area contributed by atoms with Crippen molar-refractivity contribution < 1.29 is 14.3 Å². The van der Waals surface area contributed by atoms with E-state index in [4.69, 9.17) is 9.47 Å². The SMILES string of the molecule is COC1=C(OC)CC(C=CC=O)C=C1. The second-order valence-electron chi connectivity index (χ2n) is 2.94. The van der Waals surface area contributed by atoms with Gasteiger partial charge in [0, 0.05) is 12.3 Å². The first-order valence-electron chi connectivity index (χ1n) is 4.43. The molecule has 0 saturated carbocycles. The zero-order valence-corrected chi connectivity index (χ0v) is 8.40.